The molecule has 0 saturated carbocycles. The molecule has 2 rings (SSSR count). The molecule has 1 atom stereocenters. The maximum atomic E-state index is 11.2. The van der Waals surface area contributed by atoms with Crippen LogP contribution in [0.2, 0.25) is 0 Å². The van der Waals surface area contributed by atoms with Crippen molar-refractivity contribution in [3.8, 4) is 0 Å². The Hall–Kier alpha value is -1.79. The van der Waals surface area contributed by atoms with Crippen LogP contribution in [0.25, 0.3) is 0 Å². The van der Waals surface area contributed by atoms with Crippen LogP contribution in [0.4, 0.5) is 11.4 Å². The van der Waals surface area contributed by atoms with E-state index in [9.17, 15) is 4.79 Å². The van der Waals surface area contributed by atoms with Gasteiger partial charge in [0, 0.05) is 19.6 Å². The average Bonchev–Trinajstić information content (AvgIpc) is 2.46. The number of nitrogen functional groups attached to an aromatic ring is 1. The molecule has 1 amide bonds. The molecule has 0 spiro atoms. The first-order chi connectivity index (χ1) is 9.61. The third kappa shape index (κ3) is 3.40. The van der Waals surface area contributed by atoms with Gasteiger partial charge in [0.05, 0.1) is 29.6 Å². The number of carbonyl (C=O) groups is 1. The first kappa shape index (κ1) is 14.6. The topological polar surface area (TPSA) is 93.6 Å². The number of benzene rings is 1. The van der Waals surface area contributed by atoms with Gasteiger partial charge in [-0.15, -0.1) is 0 Å². The molecule has 1 aliphatic rings. The maximum Gasteiger partial charge on any atom is 0.250 e. The Bertz CT molecular complexity index is 478. The average molecular weight is 278 g/mol. The zero-order chi connectivity index (χ0) is 14.5. The number of likely N-dealkylation sites (N-methyl/N-ethyl adjacent to an activating group) is 1. The first-order valence-electron chi connectivity index (χ1n) is 6.88. The van der Waals surface area contributed by atoms with Gasteiger partial charge in [0.15, 0.2) is 0 Å². The van der Waals surface area contributed by atoms with Crippen molar-refractivity contribution >= 4 is 17.3 Å². The van der Waals surface area contributed by atoms with Crippen molar-refractivity contribution in [2.45, 2.75) is 13.0 Å². The lowest BCUT2D eigenvalue weighted by Crippen LogP contribution is -2.45. The van der Waals surface area contributed by atoms with Crippen LogP contribution < -0.4 is 16.8 Å². The van der Waals surface area contributed by atoms with Gasteiger partial charge in [-0.2, -0.15) is 0 Å². The Labute approximate surface area is 119 Å². The number of para-hydroxylation sites is 1. The van der Waals surface area contributed by atoms with Crippen LogP contribution in [-0.2, 0) is 4.74 Å². The first-order valence-corrected chi connectivity index (χ1v) is 6.88. The van der Waals surface area contributed by atoms with Crippen molar-refractivity contribution in [3.63, 3.8) is 0 Å². The van der Waals surface area contributed by atoms with E-state index in [1.807, 2.05) is 6.07 Å². The van der Waals surface area contributed by atoms with Crippen LogP contribution in [0.1, 0.15) is 17.3 Å². The van der Waals surface area contributed by atoms with E-state index in [0.29, 0.717) is 17.8 Å². The number of anilines is 2. The highest BCUT2D eigenvalue weighted by atomic mass is 16.5. The molecule has 1 aromatic carbocycles. The Balaban J connectivity index is 1.97. The highest BCUT2D eigenvalue weighted by Crippen LogP contribution is 2.22. The number of amides is 1. The minimum absolute atomic E-state index is 0.125. The number of nitrogens with zero attached hydrogens (tertiary/aromatic N) is 1. The quantitative estimate of drug-likeness (QED) is 0.682. The molecule has 1 saturated heterocycles. The molecule has 0 aliphatic carbocycles. The number of primary amides is 1. The smallest absolute Gasteiger partial charge is 0.250 e. The van der Waals surface area contributed by atoms with Gasteiger partial charge < -0.3 is 21.5 Å². The summed E-state index contributed by atoms with van der Waals surface area (Å²) in [6.45, 7) is 6.45. The fourth-order valence-corrected chi connectivity index (χ4v) is 2.35. The van der Waals surface area contributed by atoms with Crippen LogP contribution >= 0.6 is 0 Å². The SMILES string of the molecule is CCN1CCOC(CNc2cccc(C(N)=O)c2N)C1. The van der Waals surface area contributed by atoms with Crippen molar-refractivity contribution < 1.29 is 9.53 Å². The van der Waals surface area contributed by atoms with Crippen molar-refractivity contribution in [2.24, 2.45) is 5.73 Å². The van der Waals surface area contributed by atoms with Crippen LogP contribution in [0.15, 0.2) is 18.2 Å². The highest BCUT2D eigenvalue weighted by molar-refractivity contribution is 6.00. The van der Waals surface area contributed by atoms with Crippen LogP contribution in [-0.4, -0.2) is 49.7 Å². The van der Waals surface area contributed by atoms with Crippen molar-refractivity contribution in [2.75, 3.05) is 43.8 Å². The molecule has 1 heterocycles. The number of morpholine rings is 1. The van der Waals surface area contributed by atoms with Gasteiger partial charge in [0.25, 0.3) is 5.91 Å². The van der Waals surface area contributed by atoms with E-state index >= 15 is 0 Å². The number of nitrogens with two attached hydrogens (primary N) is 2. The zero-order valence-electron chi connectivity index (χ0n) is 11.8. The van der Waals surface area contributed by atoms with Gasteiger partial charge >= 0.3 is 0 Å². The number of rotatable bonds is 5. The number of hydrogen-bond acceptors (Lipinski definition) is 5. The van der Waals surface area contributed by atoms with Gasteiger partial charge in [0.2, 0.25) is 0 Å². The molecule has 1 fully saturated rings. The second-order valence-electron chi connectivity index (χ2n) is 4.90. The van der Waals surface area contributed by atoms with Gasteiger partial charge in [-0.05, 0) is 18.7 Å². The van der Waals surface area contributed by atoms with E-state index in [-0.39, 0.29) is 6.10 Å². The minimum Gasteiger partial charge on any atom is -0.396 e. The fraction of sp³-hybridized carbons (Fsp3) is 0.500. The van der Waals surface area contributed by atoms with Crippen LogP contribution in [0.5, 0.6) is 0 Å². The summed E-state index contributed by atoms with van der Waals surface area (Å²) in [7, 11) is 0. The Morgan fingerprint density at radius 2 is 2.35 bits per heavy atom. The molecule has 6 nitrogen and oxygen atoms in total. The Morgan fingerprint density at radius 3 is 3.05 bits per heavy atom. The second-order valence-corrected chi connectivity index (χ2v) is 4.90. The van der Waals surface area contributed by atoms with Crippen molar-refractivity contribution in [3.05, 3.63) is 23.8 Å². The molecule has 110 valence electrons. The normalized spacial score (nSPS) is 19.8. The summed E-state index contributed by atoms with van der Waals surface area (Å²) in [5, 5.41) is 3.24. The number of nitrogens with one attached hydrogen (secondary N) is 1. The van der Waals surface area contributed by atoms with Gasteiger partial charge in [0.1, 0.15) is 0 Å². The molecule has 0 radical (unpaired) electrons. The molecular weight excluding hydrogens is 256 g/mol. The third-order valence-electron chi connectivity index (χ3n) is 3.56. The monoisotopic (exact) mass is 278 g/mol. The lowest BCUT2D eigenvalue weighted by molar-refractivity contribution is -0.0191. The van der Waals surface area contributed by atoms with Crippen LogP contribution in [0.3, 0.4) is 0 Å². The lowest BCUT2D eigenvalue weighted by atomic mass is 10.1. The molecule has 20 heavy (non-hydrogen) atoms. The maximum absolute atomic E-state index is 11.2. The van der Waals surface area contributed by atoms with E-state index in [0.717, 1.165) is 31.9 Å². The van der Waals surface area contributed by atoms with E-state index in [1.54, 1.807) is 12.1 Å². The predicted octanol–water partition coefficient (Wildman–Crippen LogP) is 0.500. The molecule has 0 bridgehead atoms. The minimum atomic E-state index is -0.516. The molecule has 0 aromatic heterocycles. The van der Waals surface area contributed by atoms with Crippen LogP contribution in [0, 0.1) is 0 Å². The Morgan fingerprint density at radius 1 is 1.55 bits per heavy atom. The summed E-state index contributed by atoms with van der Waals surface area (Å²) in [6.07, 6.45) is 0.125. The summed E-state index contributed by atoms with van der Waals surface area (Å²) < 4.78 is 5.71. The van der Waals surface area contributed by atoms with E-state index in [4.69, 9.17) is 16.2 Å². The molecule has 1 aromatic rings. The van der Waals surface area contributed by atoms with Gasteiger partial charge in [-0.25, -0.2) is 0 Å². The summed E-state index contributed by atoms with van der Waals surface area (Å²) in [5.41, 5.74) is 12.7. The zero-order valence-corrected chi connectivity index (χ0v) is 11.8. The summed E-state index contributed by atoms with van der Waals surface area (Å²) >= 11 is 0. The summed E-state index contributed by atoms with van der Waals surface area (Å²) in [5.74, 6) is -0.516. The number of ether oxygens (including phenoxy) is 1. The highest BCUT2D eigenvalue weighted by Gasteiger charge is 2.19. The lowest BCUT2D eigenvalue weighted by Gasteiger charge is -2.32. The van der Waals surface area contributed by atoms with Crippen molar-refractivity contribution in [1.29, 1.82) is 0 Å². The van der Waals surface area contributed by atoms with Gasteiger partial charge in [-0.1, -0.05) is 13.0 Å². The van der Waals surface area contributed by atoms with Gasteiger partial charge in [-0.3, -0.25) is 9.69 Å². The second kappa shape index (κ2) is 6.58. The van der Waals surface area contributed by atoms with E-state index < -0.39 is 5.91 Å². The van der Waals surface area contributed by atoms with Crippen molar-refractivity contribution in [1.82, 2.24) is 4.90 Å². The largest absolute Gasteiger partial charge is 0.396 e. The standard InChI is InChI=1S/C14H22N4O2/c1-2-18-6-7-20-10(9-18)8-17-12-5-3-4-11(13(12)15)14(16)19/h3-5,10,17H,2,6-9,15H2,1H3,(H2,16,19). The molecular formula is C14H22N4O2. The van der Waals surface area contributed by atoms with E-state index in [1.165, 1.54) is 0 Å². The molecule has 6 heteroatoms. The number of carbonyl (C=O) groups excluding carboxylic acids is 1. The molecule has 1 unspecified atom stereocenters. The fourth-order valence-electron chi connectivity index (χ4n) is 2.35. The summed E-state index contributed by atoms with van der Waals surface area (Å²) in [4.78, 5) is 13.6. The van der Waals surface area contributed by atoms with E-state index in [2.05, 4.69) is 17.1 Å². The summed E-state index contributed by atoms with van der Waals surface area (Å²) in [6, 6.07) is 5.22. The predicted molar refractivity (Wildman–Crippen MR) is 79.7 cm³/mol. The Kier molecular flexibility index (Phi) is 4.81. The third-order valence-corrected chi connectivity index (χ3v) is 3.56. The number of hydrogen-bond donors (Lipinski definition) is 3. The molecule has 5 N–H and O–H groups in total. The molecule has 1 aliphatic heterocycles.